The van der Waals surface area contributed by atoms with E-state index in [1.165, 1.54) is 0 Å². The molecule has 0 heterocycles. The molecule has 13 nitrogen and oxygen atoms in total. The Bertz CT molecular complexity index is 823. The lowest BCUT2D eigenvalue weighted by Crippen LogP contribution is -2.49. The fourth-order valence-electron chi connectivity index (χ4n) is 3.19. The van der Waals surface area contributed by atoms with E-state index in [0.717, 1.165) is 5.56 Å². The molecular weight excluding hydrogens is 473 g/mol. The summed E-state index contributed by atoms with van der Waals surface area (Å²) >= 11 is 0. The summed E-state index contributed by atoms with van der Waals surface area (Å²) in [5, 5.41) is 33.7. The zero-order valence-corrected chi connectivity index (χ0v) is 20.4. The number of rotatable bonds is 21. The van der Waals surface area contributed by atoms with Gasteiger partial charge in [0.1, 0.15) is 17.9 Å². The van der Waals surface area contributed by atoms with Crippen molar-refractivity contribution in [2.24, 2.45) is 10.8 Å². The first-order chi connectivity index (χ1) is 17.3. The molecule has 0 amide bonds. The van der Waals surface area contributed by atoms with Crippen LogP contribution in [-0.2, 0) is 25.5 Å². The average molecular weight is 509 g/mol. The first-order valence-electron chi connectivity index (χ1n) is 11.8. The lowest BCUT2D eigenvalue weighted by molar-refractivity contribution is -0.144. The number of aliphatic carboxylic acids is 1. The third-order valence-electron chi connectivity index (χ3n) is 5.25. The smallest absolute Gasteiger partial charge is 0.451 e. The molecule has 200 valence electrons. The highest BCUT2D eigenvalue weighted by atomic mass is 16.6. The van der Waals surface area contributed by atoms with Crippen molar-refractivity contribution in [2.45, 2.75) is 44.0 Å². The van der Waals surface area contributed by atoms with Crippen LogP contribution in [0.25, 0.3) is 10.4 Å². The third kappa shape index (κ3) is 14.6. The maximum atomic E-state index is 11.8. The van der Waals surface area contributed by atoms with Crippen molar-refractivity contribution in [3.63, 3.8) is 0 Å². The number of benzene rings is 1. The van der Waals surface area contributed by atoms with Crippen LogP contribution >= 0.6 is 0 Å². The number of hydrogen-bond donors (Lipinski definition) is 5. The highest BCUT2D eigenvalue weighted by Crippen LogP contribution is 2.17. The Morgan fingerprint density at radius 1 is 1.08 bits per heavy atom. The van der Waals surface area contributed by atoms with E-state index < -0.39 is 24.6 Å². The number of esters is 1. The van der Waals surface area contributed by atoms with Gasteiger partial charge in [0.05, 0.1) is 19.8 Å². The summed E-state index contributed by atoms with van der Waals surface area (Å²) in [6.07, 6.45) is 2.38. The van der Waals surface area contributed by atoms with E-state index in [2.05, 4.69) is 15.3 Å². The van der Waals surface area contributed by atoms with Crippen molar-refractivity contribution >= 4 is 19.1 Å². The Balaban J connectivity index is 2.22. The summed E-state index contributed by atoms with van der Waals surface area (Å²) in [6.45, 7) is 1.84. The van der Waals surface area contributed by atoms with Gasteiger partial charge in [-0.3, -0.25) is 4.79 Å². The monoisotopic (exact) mass is 509 g/mol. The predicted octanol–water partition coefficient (Wildman–Crippen LogP) is 0.883. The zero-order chi connectivity index (χ0) is 26.7. The van der Waals surface area contributed by atoms with Crippen LogP contribution < -0.4 is 15.8 Å². The minimum atomic E-state index is -1.39. The van der Waals surface area contributed by atoms with Crippen LogP contribution in [0.3, 0.4) is 0 Å². The second kappa shape index (κ2) is 18.5. The molecule has 0 fully saturated rings. The first-order valence-corrected chi connectivity index (χ1v) is 11.8. The summed E-state index contributed by atoms with van der Waals surface area (Å²) in [7, 11) is -1.39. The Hall–Kier alpha value is -2.71. The number of ether oxygens (including phenoxy) is 3. The van der Waals surface area contributed by atoms with Crippen molar-refractivity contribution in [1.82, 2.24) is 5.32 Å². The van der Waals surface area contributed by atoms with Crippen LogP contribution in [-0.4, -0.2) is 85.8 Å². The van der Waals surface area contributed by atoms with E-state index in [9.17, 15) is 14.7 Å². The predicted molar refractivity (Wildman–Crippen MR) is 132 cm³/mol. The van der Waals surface area contributed by atoms with E-state index in [-0.39, 0.29) is 52.1 Å². The molecule has 0 bridgehead atoms. The van der Waals surface area contributed by atoms with Crippen molar-refractivity contribution in [2.75, 3.05) is 46.1 Å². The lowest BCUT2D eigenvalue weighted by atomic mass is 9.81. The van der Waals surface area contributed by atoms with Gasteiger partial charge in [-0.25, -0.2) is 4.79 Å². The van der Waals surface area contributed by atoms with Gasteiger partial charge in [-0.1, -0.05) is 30.1 Å². The van der Waals surface area contributed by atoms with Gasteiger partial charge in [-0.2, -0.15) is 0 Å². The van der Waals surface area contributed by atoms with Gasteiger partial charge < -0.3 is 40.4 Å². The molecule has 1 aromatic carbocycles. The molecule has 0 spiro atoms. The van der Waals surface area contributed by atoms with E-state index in [1.807, 2.05) is 12.1 Å². The molecule has 0 saturated carbocycles. The largest absolute Gasteiger partial charge is 0.480 e. The van der Waals surface area contributed by atoms with Gasteiger partial charge in [0.25, 0.3) is 0 Å². The van der Waals surface area contributed by atoms with Crippen LogP contribution in [0, 0.1) is 0 Å². The van der Waals surface area contributed by atoms with Gasteiger partial charge in [0.15, 0.2) is 0 Å². The van der Waals surface area contributed by atoms with Crippen LogP contribution in [0.4, 0.5) is 0 Å². The normalized spacial score (nSPS) is 12.4. The molecule has 0 aromatic heterocycles. The molecule has 36 heavy (non-hydrogen) atoms. The summed E-state index contributed by atoms with van der Waals surface area (Å²) in [4.78, 5) is 26.0. The second-order valence-corrected chi connectivity index (χ2v) is 8.18. The Labute approximate surface area is 210 Å². The maximum absolute atomic E-state index is 11.8. The minimum absolute atomic E-state index is 0.192. The maximum Gasteiger partial charge on any atom is 0.451 e. The SMILES string of the molecule is [N-]=[N+]=NCCOCCOCC(=O)Oc1ccc(CCNCCC(N)(CCCCB(O)O)C(=O)O)cc1. The topological polar surface area (TPSA) is 209 Å². The number of nitrogens with two attached hydrogens (primary N) is 1. The summed E-state index contributed by atoms with van der Waals surface area (Å²) in [5.41, 5.74) is 13.8. The van der Waals surface area contributed by atoms with Crippen LogP contribution in [0.2, 0.25) is 6.32 Å². The number of carboxylic acid groups (broad SMARTS) is 1. The Morgan fingerprint density at radius 3 is 2.47 bits per heavy atom. The van der Waals surface area contributed by atoms with Crippen LogP contribution in [0.1, 0.15) is 31.2 Å². The molecule has 1 aromatic rings. The summed E-state index contributed by atoms with van der Waals surface area (Å²) in [6, 6.07) is 7.04. The summed E-state index contributed by atoms with van der Waals surface area (Å²) < 4.78 is 15.5. The van der Waals surface area contributed by atoms with Crippen molar-refractivity contribution in [1.29, 1.82) is 0 Å². The minimum Gasteiger partial charge on any atom is -0.480 e. The molecule has 0 aliphatic heterocycles. The molecule has 6 N–H and O–H groups in total. The number of unbranched alkanes of at least 4 members (excludes halogenated alkanes) is 1. The van der Waals surface area contributed by atoms with E-state index >= 15 is 0 Å². The standard InChI is InChI=1S/C22H36BN5O8/c24-22(21(30)31,8-1-2-10-23(32)33)9-12-26-11-7-18-3-5-19(6-4-18)36-20(29)17-35-16-15-34-14-13-27-28-25/h3-6,26,32-33H,1-2,7-17,24H2,(H,30,31). The Kier molecular flexibility index (Phi) is 16.1. The number of nitrogens with one attached hydrogen (secondary N) is 1. The van der Waals surface area contributed by atoms with Gasteiger partial charge in [-0.15, -0.1) is 0 Å². The van der Waals surface area contributed by atoms with Crippen molar-refractivity contribution in [3.05, 3.63) is 40.3 Å². The van der Waals surface area contributed by atoms with Crippen LogP contribution in [0.15, 0.2) is 29.4 Å². The fraction of sp³-hybridized carbons (Fsp3) is 0.636. The fourth-order valence-corrected chi connectivity index (χ4v) is 3.19. The highest BCUT2D eigenvalue weighted by Gasteiger charge is 2.32. The average Bonchev–Trinajstić information content (AvgIpc) is 2.84. The lowest BCUT2D eigenvalue weighted by Gasteiger charge is -2.25. The Morgan fingerprint density at radius 2 is 1.81 bits per heavy atom. The molecule has 0 aliphatic carbocycles. The van der Waals surface area contributed by atoms with Crippen molar-refractivity contribution < 1.29 is 39.0 Å². The summed E-state index contributed by atoms with van der Waals surface area (Å²) in [5.74, 6) is -1.20. The molecule has 0 saturated heterocycles. The number of nitrogens with zero attached hydrogens (tertiary/aromatic N) is 3. The molecule has 0 radical (unpaired) electrons. The second-order valence-electron chi connectivity index (χ2n) is 8.18. The van der Waals surface area contributed by atoms with Crippen LogP contribution in [0.5, 0.6) is 5.75 Å². The molecule has 1 rings (SSSR count). The number of azide groups is 1. The molecular formula is C22H36BN5O8. The van der Waals surface area contributed by atoms with Gasteiger partial charge in [0.2, 0.25) is 0 Å². The van der Waals surface area contributed by atoms with Gasteiger partial charge in [0, 0.05) is 11.5 Å². The van der Waals surface area contributed by atoms with Crippen molar-refractivity contribution in [3.8, 4) is 5.75 Å². The number of hydrogen-bond acceptors (Lipinski definition) is 10. The zero-order valence-electron chi connectivity index (χ0n) is 20.4. The molecule has 14 heteroatoms. The molecule has 0 aliphatic rings. The molecule has 1 atom stereocenters. The van der Waals surface area contributed by atoms with Gasteiger partial charge >= 0.3 is 19.1 Å². The first kappa shape index (κ1) is 31.3. The van der Waals surface area contributed by atoms with Gasteiger partial charge in [-0.05, 0) is 61.9 Å². The van der Waals surface area contributed by atoms with E-state index in [4.69, 9.17) is 35.5 Å². The number of carbonyl (C=O) groups is 2. The molecule has 1 unspecified atom stereocenters. The highest BCUT2D eigenvalue weighted by molar-refractivity contribution is 6.40. The van der Waals surface area contributed by atoms with E-state index in [0.29, 0.717) is 38.1 Å². The van der Waals surface area contributed by atoms with E-state index in [1.54, 1.807) is 12.1 Å². The number of carbonyl (C=O) groups excluding carboxylic acids is 1. The number of carboxylic acids is 1. The third-order valence-corrected chi connectivity index (χ3v) is 5.25. The quantitative estimate of drug-likeness (QED) is 0.0300.